The molecule has 1 fully saturated rings. The Balaban J connectivity index is 1.48. The van der Waals surface area contributed by atoms with Crippen molar-refractivity contribution in [3.63, 3.8) is 0 Å². The van der Waals surface area contributed by atoms with E-state index in [0.717, 1.165) is 38.0 Å². The molecule has 2 heterocycles. The summed E-state index contributed by atoms with van der Waals surface area (Å²) in [6.45, 7) is 4.50. The molecule has 0 aliphatic carbocycles. The van der Waals surface area contributed by atoms with E-state index >= 15 is 0 Å². The van der Waals surface area contributed by atoms with Crippen LogP contribution in [0.4, 0.5) is 16.2 Å². The Hall–Kier alpha value is -3.00. The third kappa shape index (κ3) is 5.24. The Kier molecular flexibility index (Phi) is 5.97. The molecule has 2 aromatic rings. The minimum atomic E-state index is -0.471. The van der Waals surface area contributed by atoms with Crippen LogP contribution in [0.15, 0.2) is 42.7 Å². The second-order valence-corrected chi connectivity index (χ2v) is 6.76. The molecule has 0 radical (unpaired) electrons. The molecule has 1 saturated heterocycles. The van der Waals surface area contributed by atoms with Gasteiger partial charge in [0.1, 0.15) is 0 Å². The molecule has 0 spiro atoms. The fourth-order valence-electron chi connectivity index (χ4n) is 3.18. The first-order valence-electron chi connectivity index (χ1n) is 8.95. The Labute approximate surface area is 157 Å². The number of nitro benzene ring substituents is 1. The predicted octanol–water partition coefficient (Wildman–Crippen LogP) is 3.08. The number of aryl methyl sites for hydroxylation is 1. The van der Waals surface area contributed by atoms with Crippen molar-refractivity contribution in [1.82, 2.24) is 15.2 Å². The van der Waals surface area contributed by atoms with Crippen molar-refractivity contribution >= 4 is 17.4 Å². The second-order valence-electron chi connectivity index (χ2n) is 6.76. The van der Waals surface area contributed by atoms with Gasteiger partial charge in [-0.3, -0.25) is 20.0 Å². The molecule has 0 unspecified atom stereocenters. The third-order valence-corrected chi connectivity index (χ3v) is 4.76. The van der Waals surface area contributed by atoms with Crippen LogP contribution < -0.4 is 10.6 Å². The number of aromatic nitrogens is 1. The maximum atomic E-state index is 12.3. The highest BCUT2D eigenvalue weighted by molar-refractivity contribution is 5.90. The Bertz CT molecular complexity index is 804. The van der Waals surface area contributed by atoms with E-state index in [1.165, 1.54) is 17.7 Å². The number of nitrogens with zero attached hydrogens (tertiary/aromatic N) is 3. The van der Waals surface area contributed by atoms with Gasteiger partial charge < -0.3 is 10.6 Å². The number of non-ortho nitro benzene ring substituents is 1. The smallest absolute Gasteiger partial charge is 0.319 e. The fraction of sp³-hybridized carbons (Fsp3) is 0.368. The number of benzene rings is 1. The van der Waals surface area contributed by atoms with Gasteiger partial charge in [0.15, 0.2) is 0 Å². The third-order valence-electron chi connectivity index (χ3n) is 4.76. The molecule has 2 N–H and O–H groups in total. The summed E-state index contributed by atoms with van der Waals surface area (Å²) < 4.78 is 0. The number of urea groups is 1. The van der Waals surface area contributed by atoms with Crippen molar-refractivity contribution in [2.45, 2.75) is 32.4 Å². The number of pyridine rings is 1. The van der Waals surface area contributed by atoms with Crippen LogP contribution in [0, 0.1) is 17.0 Å². The first-order chi connectivity index (χ1) is 13.0. The van der Waals surface area contributed by atoms with E-state index in [-0.39, 0.29) is 17.8 Å². The summed E-state index contributed by atoms with van der Waals surface area (Å²) in [4.78, 5) is 29.1. The van der Waals surface area contributed by atoms with Crippen LogP contribution in [-0.2, 0) is 6.54 Å². The van der Waals surface area contributed by atoms with E-state index in [4.69, 9.17) is 0 Å². The monoisotopic (exact) mass is 369 g/mol. The molecule has 3 rings (SSSR count). The lowest BCUT2D eigenvalue weighted by atomic mass is 10.0. The zero-order valence-corrected chi connectivity index (χ0v) is 15.2. The maximum Gasteiger partial charge on any atom is 0.319 e. The molecule has 2 amide bonds. The minimum Gasteiger partial charge on any atom is -0.335 e. The van der Waals surface area contributed by atoms with Gasteiger partial charge in [0.05, 0.1) is 10.6 Å². The van der Waals surface area contributed by atoms with Gasteiger partial charge in [-0.05, 0) is 43.0 Å². The van der Waals surface area contributed by atoms with E-state index in [2.05, 4.69) is 20.5 Å². The van der Waals surface area contributed by atoms with Gasteiger partial charge in [-0.25, -0.2) is 4.79 Å². The van der Waals surface area contributed by atoms with Crippen LogP contribution in [0.25, 0.3) is 0 Å². The van der Waals surface area contributed by atoms with Gasteiger partial charge in [0, 0.05) is 50.2 Å². The molecule has 8 heteroatoms. The van der Waals surface area contributed by atoms with Crippen molar-refractivity contribution < 1.29 is 9.72 Å². The predicted molar refractivity (Wildman–Crippen MR) is 103 cm³/mol. The largest absolute Gasteiger partial charge is 0.335 e. The Morgan fingerprint density at radius 1 is 1.26 bits per heavy atom. The van der Waals surface area contributed by atoms with Crippen molar-refractivity contribution in [2.24, 2.45) is 0 Å². The number of piperidine rings is 1. The zero-order valence-electron chi connectivity index (χ0n) is 15.2. The van der Waals surface area contributed by atoms with Gasteiger partial charge in [0.25, 0.3) is 5.69 Å². The number of hydrogen-bond acceptors (Lipinski definition) is 5. The number of likely N-dealkylation sites (tertiary alicyclic amines) is 1. The molecule has 0 saturated carbocycles. The Morgan fingerprint density at radius 3 is 2.63 bits per heavy atom. The van der Waals surface area contributed by atoms with Gasteiger partial charge in [0.2, 0.25) is 0 Å². The summed E-state index contributed by atoms with van der Waals surface area (Å²) in [5.41, 5.74) is 2.43. The average Bonchev–Trinajstić information content (AvgIpc) is 2.66. The highest BCUT2D eigenvalue weighted by Crippen LogP contribution is 2.22. The second kappa shape index (κ2) is 8.59. The van der Waals surface area contributed by atoms with Crippen molar-refractivity contribution in [3.8, 4) is 0 Å². The first-order valence-corrected chi connectivity index (χ1v) is 8.95. The molecule has 27 heavy (non-hydrogen) atoms. The number of nitrogens with one attached hydrogen (secondary N) is 2. The van der Waals surface area contributed by atoms with Gasteiger partial charge in [-0.15, -0.1) is 0 Å². The number of amides is 2. The van der Waals surface area contributed by atoms with Crippen LogP contribution in [0.1, 0.15) is 24.0 Å². The Morgan fingerprint density at radius 2 is 1.96 bits per heavy atom. The standard InChI is InChI=1S/C19H23N5O3/c1-14-2-3-17(24(26)27)12-18(14)22-19(25)21-16-6-10-23(11-7-16)13-15-4-8-20-9-5-15/h2-5,8-9,12,16H,6-7,10-11,13H2,1H3,(H2,21,22,25). The number of nitro groups is 1. The van der Waals surface area contributed by atoms with E-state index in [1.54, 1.807) is 25.4 Å². The lowest BCUT2D eigenvalue weighted by Crippen LogP contribution is -2.45. The maximum absolute atomic E-state index is 12.3. The van der Waals surface area contributed by atoms with E-state index < -0.39 is 4.92 Å². The summed E-state index contributed by atoms with van der Waals surface area (Å²) in [6, 6.07) is 8.23. The summed E-state index contributed by atoms with van der Waals surface area (Å²) in [6.07, 6.45) is 5.33. The highest BCUT2D eigenvalue weighted by atomic mass is 16.6. The topological polar surface area (TPSA) is 100 Å². The van der Waals surface area contributed by atoms with E-state index in [1.807, 2.05) is 12.1 Å². The fourth-order valence-corrected chi connectivity index (χ4v) is 3.18. The van der Waals surface area contributed by atoms with Crippen LogP contribution in [-0.4, -0.2) is 40.0 Å². The quantitative estimate of drug-likeness (QED) is 0.623. The van der Waals surface area contributed by atoms with Gasteiger partial charge in [-0.1, -0.05) is 6.07 Å². The number of anilines is 1. The molecule has 142 valence electrons. The van der Waals surface area contributed by atoms with Crippen LogP contribution in [0.5, 0.6) is 0 Å². The minimum absolute atomic E-state index is 0.0414. The highest BCUT2D eigenvalue weighted by Gasteiger charge is 2.21. The normalized spacial score (nSPS) is 15.3. The molecule has 0 atom stereocenters. The van der Waals surface area contributed by atoms with E-state index in [0.29, 0.717) is 5.69 Å². The van der Waals surface area contributed by atoms with Gasteiger partial charge in [-0.2, -0.15) is 0 Å². The summed E-state index contributed by atoms with van der Waals surface area (Å²) in [5, 5.41) is 16.6. The molecule has 1 aromatic carbocycles. The van der Waals surface area contributed by atoms with Crippen molar-refractivity contribution in [3.05, 3.63) is 64.0 Å². The first kappa shape index (κ1) is 18.8. The summed E-state index contributed by atoms with van der Waals surface area (Å²) >= 11 is 0. The van der Waals surface area contributed by atoms with Crippen LogP contribution in [0.2, 0.25) is 0 Å². The van der Waals surface area contributed by atoms with Crippen molar-refractivity contribution in [2.75, 3.05) is 18.4 Å². The molecule has 1 aromatic heterocycles. The molecule has 1 aliphatic heterocycles. The molecule has 1 aliphatic rings. The molecule has 0 bridgehead atoms. The van der Waals surface area contributed by atoms with Crippen LogP contribution >= 0.6 is 0 Å². The van der Waals surface area contributed by atoms with Crippen molar-refractivity contribution in [1.29, 1.82) is 0 Å². The average molecular weight is 369 g/mol. The number of carbonyl (C=O) groups is 1. The molecular weight excluding hydrogens is 346 g/mol. The lowest BCUT2D eigenvalue weighted by Gasteiger charge is -2.32. The van der Waals surface area contributed by atoms with Gasteiger partial charge >= 0.3 is 6.03 Å². The number of hydrogen-bond donors (Lipinski definition) is 2. The number of carbonyl (C=O) groups excluding carboxylic acids is 1. The molecular formula is C19H23N5O3. The van der Waals surface area contributed by atoms with Crippen LogP contribution in [0.3, 0.4) is 0 Å². The molecule has 8 nitrogen and oxygen atoms in total. The summed E-state index contributed by atoms with van der Waals surface area (Å²) in [5.74, 6) is 0. The zero-order chi connectivity index (χ0) is 19.2. The SMILES string of the molecule is Cc1ccc([N+](=O)[O-])cc1NC(=O)NC1CCN(Cc2ccncc2)CC1. The summed E-state index contributed by atoms with van der Waals surface area (Å²) in [7, 11) is 0. The van der Waals surface area contributed by atoms with E-state index in [9.17, 15) is 14.9 Å². The lowest BCUT2D eigenvalue weighted by molar-refractivity contribution is -0.384. The number of rotatable bonds is 5.